The number of anilines is 3. The molecule has 1 heterocycles. The second kappa shape index (κ2) is 9.89. The Morgan fingerprint density at radius 1 is 0.971 bits per heavy atom. The Balaban J connectivity index is 1.55. The van der Waals surface area contributed by atoms with Gasteiger partial charge >= 0.3 is 0 Å². The van der Waals surface area contributed by atoms with Crippen molar-refractivity contribution in [2.75, 3.05) is 41.2 Å². The van der Waals surface area contributed by atoms with E-state index in [-0.39, 0.29) is 21.8 Å². The molecule has 0 bridgehead atoms. The minimum Gasteiger partial charge on any atom is -0.378 e. The Morgan fingerprint density at radius 2 is 1.71 bits per heavy atom. The third kappa shape index (κ3) is 5.33. The summed E-state index contributed by atoms with van der Waals surface area (Å²) < 4.78 is 33.4. The lowest BCUT2D eigenvalue weighted by Crippen LogP contribution is -2.36. The van der Waals surface area contributed by atoms with Crippen LogP contribution in [0.4, 0.5) is 22.7 Å². The van der Waals surface area contributed by atoms with Crippen molar-refractivity contribution in [3.63, 3.8) is 0 Å². The molecule has 3 aromatic rings. The molecule has 0 aromatic heterocycles. The number of hydrogen-bond acceptors (Lipinski definition) is 7. The molecule has 0 radical (unpaired) electrons. The SMILES string of the molecule is O=C(Nc1cccc(N2CCOCC2)c1)c1ccccc1NS(=O)(=O)c1cccc([N+](=O)[O-])c1. The highest BCUT2D eigenvalue weighted by molar-refractivity contribution is 7.92. The van der Waals surface area contributed by atoms with Crippen molar-refractivity contribution >= 4 is 38.7 Å². The quantitative estimate of drug-likeness (QED) is 0.389. The van der Waals surface area contributed by atoms with Gasteiger partial charge in [-0.05, 0) is 36.4 Å². The smallest absolute Gasteiger partial charge is 0.270 e. The molecule has 0 saturated carbocycles. The van der Waals surface area contributed by atoms with Crippen LogP contribution in [-0.2, 0) is 14.8 Å². The highest BCUT2D eigenvalue weighted by Crippen LogP contribution is 2.25. The van der Waals surface area contributed by atoms with E-state index in [1.165, 1.54) is 30.3 Å². The molecule has 1 aliphatic rings. The molecule has 1 amide bonds. The molecular weight excluding hydrogens is 460 g/mol. The Labute approximate surface area is 196 Å². The molecule has 3 aromatic carbocycles. The highest BCUT2D eigenvalue weighted by Gasteiger charge is 2.21. The second-order valence-electron chi connectivity index (χ2n) is 7.51. The van der Waals surface area contributed by atoms with Crippen molar-refractivity contribution in [2.24, 2.45) is 0 Å². The van der Waals surface area contributed by atoms with Gasteiger partial charge in [-0.15, -0.1) is 0 Å². The largest absolute Gasteiger partial charge is 0.378 e. The van der Waals surface area contributed by atoms with E-state index in [0.29, 0.717) is 18.9 Å². The standard InChI is InChI=1S/C23H22N4O6S/c28-23(24-17-5-3-6-18(15-17)26-11-13-33-14-12-26)21-9-1-2-10-22(21)25-34(31,32)20-8-4-7-19(16-20)27(29)30/h1-10,15-16,25H,11-14H2,(H,24,28). The molecule has 11 heteroatoms. The first kappa shape index (κ1) is 23.2. The lowest BCUT2D eigenvalue weighted by molar-refractivity contribution is -0.385. The van der Waals surface area contributed by atoms with Crippen LogP contribution in [0.5, 0.6) is 0 Å². The summed E-state index contributed by atoms with van der Waals surface area (Å²) in [6, 6.07) is 18.2. The number of ether oxygens (including phenoxy) is 1. The highest BCUT2D eigenvalue weighted by atomic mass is 32.2. The molecule has 34 heavy (non-hydrogen) atoms. The normalized spacial score (nSPS) is 13.8. The molecule has 10 nitrogen and oxygen atoms in total. The van der Waals surface area contributed by atoms with E-state index in [9.17, 15) is 23.3 Å². The van der Waals surface area contributed by atoms with Crippen LogP contribution in [-0.4, -0.2) is 45.6 Å². The van der Waals surface area contributed by atoms with E-state index in [2.05, 4.69) is 14.9 Å². The average molecular weight is 483 g/mol. The van der Waals surface area contributed by atoms with Crippen LogP contribution in [0.15, 0.2) is 77.7 Å². The predicted molar refractivity (Wildman–Crippen MR) is 128 cm³/mol. The number of benzene rings is 3. The van der Waals surface area contributed by atoms with Gasteiger partial charge in [-0.3, -0.25) is 19.6 Å². The second-order valence-corrected chi connectivity index (χ2v) is 9.19. The molecule has 1 fully saturated rings. The first-order valence-electron chi connectivity index (χ1n) is 10.4. The number of morpholine rings is 1. The number of non-ortho nitro benzene ring substituents is 1. The van der Waals surface area contributed by atoms with E-state index in [1.807, 2.05) is 18.2 Å². The van der Waals surface area contributed by atoms with Gasteiger partial charge in [0.25, 0.3) is 21.6 Å². The number of para-hydroxylation sites is 1. The first-order chi connectivity index (χ1) is 16.3. The third-order valence-corrected chi connectivity index (χ3v) is 6.60. The summed E-state index contributed by atoms with van der Waals surface area (Å²) in [5.74, 6) is -0.503. The molecule has 0 atom stereocenters. The summed E-state index contributed by atoms with van der Waals surface area (Å²) in [7, 11) is -4.17. The van der Waals surface area contributed by atoms with Gasteiger partial charge in [0, 0.05) is 36.6 Å². The summed E-state index contributed by atoms with van der Waals surface area (Å²) in [6.45, 7) is 2.77. The van der Waals surface area contributed by atoms with Crippen LogP contribution in [0, 0.1) is 10.1 Å². The van der Waals surface area contributed by atoms with Gasteiger partial charge in [-0.2, -0.15) is 0 Å². The van der Waals surface area contributed by atoms with Gasteiger partial charge in [-0.25, -0.2) is 8.42 Å². The van der Waals surface area contributed by atoms with Crippen molar-refractivity contribution < 1.29 is 22.9 Å². The molecule has 0 unspecified atom stereocenters. The maximum atomic E-state index is 13.0. The molecule has 0 spiro atoms. The van der Waals surface area contributed by atoms with Gasteiger partial charge in [-0.1, -0.05) is 24.3 Å². The molecule has 176 valence electrons. The Morgan fingerprint density at radius 3 is 2.47 bits per heavy atom. The number of nitrogens with zero attached hydrogens (tertiary/aromatic N) is 2. The van der Waals surface area contributed by atoms with Crippen molar-refractivity contribution in [1.82, 2.24) is 0 Å². The number of carbonyl (C=O) groups is 1. The maximum Gasteiger partial charge on any atom is 0.270 e. The fourth-order valence-corrected chi connectivity index (χ4v) is 4.66. The van der Waals surface area contributed by atoms with Crippen LogP contribution >= 0.6 is 0 Å². The van der Waals surface area contributed by atoms with Crippen LogP contribution in [0.25, 0.3) is 0 Å². The zero-order valence-corrected chi connectivity index (χ0v) is 18.8. The van der Waals surface area contributed by atoms with Gasteiger partial charge in [0.05, 0.1) is 34.3 Å². The lowest BCUT2D eigenvalue weighted by atomic mass is 10.1. The number of carbonyl (C=O) groups excluding carboxylic acids is 1. The van der Waals surface area contributed by atoms with E-state index in [0.717, 1.165) is 24.8 Å². The number of rotatable bonds is 7. The predicted octanol–water partition coefficient (Wildman–Crippen LogP) is 3.48. The summed E-state index contributed by atoms with van der Waals surface area (Å²) in [5, 5.41) is 13.8. The van der Waals surface area contributed by atoms with Gasteiger partial charge < -0.3 is 15.0 Å². The summed E-state index contributed by atoms with van der Waals surface area (Å²) in [6.07, 6.45) is 0. The Hall–Kier alpha value is -3.96. The van der Waals surface area contributed by atoms with E-state index in [1.54, 1.807) is 18.2 Å². The van der Waals surface area contributed by atoms with Crippen LogP contribution < -0.4 is 14.9 Å². The zero-order chi connectivity index (χ0) is 24.1. The number of nitrogens with one attached hydrogen (secondary N) is 2. The minimum atomic E-state index is -4.17. The van der Waals surface area contributed by atoms with Crippen molar-refractivity contribution in [2.45, 2.75) is 4.90 Å². The third-order valence-electron chi connectivity index (χ3n) is 5.24. The number of nitro benzene ring substituents is 1. The lowest BCUT2D eigenvalue weighted by Gasteiger charge is -2.29. The summed E-state index contributed by atoms with van der Waals surface area (Å²) >= 11 is 0. The van der Waals surface area contributed by atoms with Crippen molar-refractivity contribution in [1.29, 1.82) is 0 Å². The fourth-order valence-electron chi connectivity index (χ4n) is 3.54. The summed E-state index contributed by atoms with van der Waals surface area (Å²) in [5.41, 5.74) is 1.31. The number of amides is 1. The molecule has 4 rings (SSSR count). The van der Waals surface area contributed by atoms with E-state index < -0.39 is 20.9 Å². The fraction of sp³-hybridized carbons (Fsp3) is 0.174. The maximum absolute atomic E-state index is 13.0. The number of nitro groups is 1. The molecule has 0 aliphatic carbocycles. The molecule has 2 N–H and O–H groups in total. The van der Waals surface area contributed by atoms with Crippen LogP contribution in [0.2, 0.25) is 0 Å². The van der Waals surface area contributed by atoms with E-state index >= 15 is 0 Å². The van der Waals surface area contributed by atoms with Crippen LogP contribution in [0.3, 0.4) is 0 Å². The topological polar surface area (TPSA) is 131 Å². The first-order valence-corrected chi connectivity index (χ1v) is 11.9. The Kier molecular flexibility index (Phi) is 6.75. The van der Waals surface area contributed by atoms with Crippen molar-refractivity contribution in [3.8, 4) is 0 Å². The van der Waals surface area contributed by atoms with Gasteiger partial charge in [0.15, 0.2) is 0 Å². The summed E-state index contributed by atoms with van der Waals surface area (Å²) in [4.78, 5) is 25.2. The Bertz CT molecular complexity index is 1320. The minimum absolute atomic E-state index is 0.0517. The molecule has 1 aliphatic heterocycles. The number of sulfonamides is 1. The molecule has 1 saturated heterocycles. The van der Waals surface area contributed by atoms with E-state index in [4.69, 9.17) is 4.74 Å². The monoisotopic (exact) mass is 482 g/mol. The average Bonchev–Trinajstić information content (AvgIpc) is 2.85. The number of hydrogen-bond donors (Lipinski definition) is 2. The van der Waals surface area contributed by atoms with Gasteiger partial charge in [0.1, 0.15) is 0 Å². The van der Waals surface area contributed by atoms with Gasteiger partial charge in [0.2, 0.25) is 0 Å². The van der Waals surface area contributed by atoms with Crippen molar-refractivity contribution in [3.05, 3.63) is 88.5 Å². The van der Waals surface area contributed by atoms with Crippen LogP contribution in [0.1, 0.15) is 10.4 Å². The zero-order valence-electron chi connectivity index (χ0n) is 18.0. The molecular formula is C23H22N4O6S.